The van der Waals surface area contributed by atoms with Crippen LogP contribution in [-0.2, 0) is 0 Å². The Labute approximate surface area is 329 Å². The SMILES string of the molecule is c1ccc(-c2ccc(-c3nc(-c4cc5ccccc5c5c4oc4ccc6nc(-c7ccccc7)oc6c45)nc(-c4cccc5c4sc4ccccc45)n3)cc2)cc1. The molecule has 57 heavy (non-hydrogen) atoms. The van der Waals surface area contributed by atoms with Crippen LogP contribution in [0, 0.1) is 0 Å². The molecule has 0 atom stereocenters. The summed E-state index contributed by atoms with van der Waals surface area (Å²) in [6.45, 7) is 0. The normalized spacial score (nSPS) is 11.9. The third-order valence-electron chi connectivity index (χ3n) is 10.8. The highest BCUT2D eigenvalue weighted by Gasteiger charge is 2.24. The van der Waals surface area contributed by atoms with E-state index in [4.69, 9.17) is 28.8 Å². The number of benzene rings is 8. The molecule has 0 saturated carbocycles. The van der Waals surface area contributed by atoms with Crippen LogP contribution in [-0.4, -0.2) is 19.9 Å². The van der Waals surface area contributed by atoms with Gasteiger partial charge in [0.1, 0.15) is 16.7 Å². The van der Waals surface area contributed by atoms with Crippen LogP contribution in [0.15, 0.2) is 179 Å². The number of nitrogens with zero attached hydrogens (tertiary/aromatic N) is 4. The summed E-state index contributed by atoms with van der Waals surface area (Å²) in [5.41, 5.74) is 8.62. The molecular formula is C50H28N4O2S. The summed E-state index contributed by atoms with van der Waals surface area (Å²) >= 11 is 1.76. The van der Waals surface area contributed by atoms with Crippen molar-refractivity contribution in [1.29, 1.82) is 0 Å². The monoisotopic (exact) mass is 748 g/mol. The van der Waals surface area contributed by atoms with Crippen LogP contribution in [0.1, 0.15) is 0 Å². The Hall–Kier alpha value is -7.48. The first-order valence-corrected chi connectivity index (χ1v) is 19.6. The van der Waals surface area contributed by atoms with Crippen molar-refractivity contribution in [2.45, 2.75) is 0 Å². The van der Waals surface area contributed by atoms with Gasteiger partial charge in [-0.15, -0.1) is 11.3 Å². The van der Waals surface area contributed by atoms with Crippen molar-refractivity contribution in [2.75, 3.05) is 0 Å². The number of fused-ring (bicyclic) bond motifs is 10. The second kappa shape index (κ2) is 12.5. The van der Waals surface area contributed by atoms with Crippen LogP contribution >= 0.6 is 11.3 Å². The lowest BCUT2D eigenvalue weighted by Gasteiger charge is -2.11. The van der Waals surface area contributed by atoms with Gasteiger partial charge in [0, 0.05) is 42.2 Å². The number of thiophene rings is 1. The van der Waals surface area contributed by atoms with E-state index in [0.29, 0.717) is 40.1 Å². The third-order valence-corrected chi connectivity index (χ3v) is 12.0. The van der Waals surface area contributed by atoms with Gasteiger partial charge in [0.15, 0.2) is 23.1 Å². The summed E-state index contributed by atoms with van der Waals surface area (Å²) in [4.78, 5) is 20.7. The second-order valence-electron chi connectivity index (χ2n) is 14.2. The quantitative estimate of drug-likeness (QED) is 0.174. The van der Waals surface area contributed by atoms with Gasteiger partial charge in [0.2, 0.25) is 5.89 Å². The van der Waals surface area contributed by atoms with Crippen molar-refractivity contribution in [3.8, 4) is 56.7 Å². The molecule has 0 N–H and O–H groups in total. The molecule has 12 rings (SSSR count). The van der Waals surface area contributed by atoms with E-state index in [1.165, 1.54) is 15.5 Å². The summed E-state index contributed by atoms with van der Waals surface area (Å²) in [7, 11) is 0. The van der Waals surface area contributed by atoms with E-state index >= 15 is 0 Å². The Morgan fingerprint density at radius 1 is 0.404 bits per heavy atom. The van der Waals surface area contributed by atoms with Crippen molar-refractivity contribution in [2.24, 2.45) is 0 Å². The molecule has 266 valence electrons. The molecule has 8 aromatic carbocycles. The lowest BCUT2D eigenvalue weighted by atomic mass is 9.99. The maximum atomic E-state index is 6.85. The van der Waals surface area contributed by atoms with Gasteiger partial charge in [-0.25, -0.2) is 19.9 Å². The number of aromatic nitrogens is 4. The summed E-state index contributed by atoms with van der Waals surface area (Å²) < 4.78 is 15.8. The van der Waals surface area contributed by atoms with Gasteiger partial charge in [0.25, 0.3) is 0 Å². The van der Waals surface area contributed by atoms with Gasteiger partial charge in [0.05, 0.1) is 10.9 Å². The highest BCUT2D eigenvalue weighted by molar-refractivity contribution is 7.26. The van der Waals surface area contributed by atoms with Gasteiger partial charge in [-0.2, -0.15) is 0 Å². The molecule has 6 nitrogen and oxygen atoms in total. The van der Waals surface area contributed by atoms with E-state index in [-0.39, 0.29) is 0 Å². The molecule has 12 aromatic rings. The second-order valence-corrected chi connectivity index (χ2v) is 15.2. The first-order chi connectivity index (χ1) is 28.2. The highest BCUT2D eigenvalue weighted by atomic mass is 32.1. The van der Waals surface area contributed by atoms with Crippen LogP contribution in [0.3, 0.4) is 0 Å². The largest absolute Gasteiger partial charge is 0.455 e. The number of rotatable bonds is 5. The standard InChI is InChI=1S/C50H28N4O2S/c1-3-12-29(13-4-1)30-22-24-31(25-23-30)47-52-48(37-20-11-19-36-35-18-9-10-21-41(35)57-46(36)37)54-49(53-47)38-28-33-16-7-8-17-34(33)42-43-40(55-44(38)42)27-26-39-45(43)56-50(51-39)32-14-5-2-6-15-32/h1-28H. The van der Waals surface area contributed by atoms with Crippen molar-refractivity contribution in [3.05, 3.63) is 170 Å². The zero-order valence-electron chi connectivity index (χ0n) is 30.2. The highest BCUT2D eigenvalue weighted by Crippen LogP contribution is 2.45. The average Bonchev–Trinajstić information content (AvgIpc) is 4.00. The maximum Gasteiger partial charge on any atom is 0.227 e. The predicted molar refractivity (Wildman–Crippen MR) is 232 cm³/mol. The molecule has 0 radical (unpaired) electrons. The van der Waals surface area contributed by atoms with Crippen LogP contribution in [0.4, 0.5) is 0 Å². The summed E-state index contributed by atoms with van der Waals surface area (Å²) in [5.74, 6) is 2.26. The molecule has 0 spiro atoms. The van der Waals surface area contributed by atoms with E-state index in [0.717, 1.165) is 65.1 Å². The fraction of sp³-hybridized carbons (Fsp3) is 0. The molecule has 0 fully saturated rings. The molecule has 7 heteroatoms. The molecule has 0 aliphatic carbocycles. The van der Waals surface area contributed by atoms with E-state index in [2.05, 4.69) is 121 Å². The van der Waals surface area contributed by atoms with Crippen molar-refractivity contribution in [1.82, 2.24) is 19.9 Å². The Bertz CT molecular complexity index is 3520. The molecule has 4 heterocycles. The van der Waals surface area contributed by atoms with E-state index in [1.807, 2.05) is 48.5 Å². The Morgan fingerprint density at radius 2 is 1.05 bits per heavy atom. The van der Waals surface area contributed by atoms with Gasteiger partial charge < -0.3 is 8.83 Å². The van der Waals surface area contributed by atoms with E-state index in [1.54, 1.807) is 11.3 Å². The molecular weight excluding hydrogens is 721 g/mol. The maximum absolute atomic E-state index is 6.85. The van der Waals surface area contributed by atoms with Crippen molar-refractivity contribution >= 4 is 75.3 Å². The van der Waals surface area contributed by atoms with Gasteiger partial charge in [-0.3, -0.25) is 0 Å². The molecule has 0 amide bonds. The summed E-state index contributed by atoms with van der Waals surface area (Å²) in [6, 6.07) is 58.1. The number of hydrogen-bond acceptors (Lipinski definition) is 7. The first kappa shape index (κ1) is 31.8. The average molecular weight is 749 g/mol. The van der Waals surface area contributed by atoms with Gasteiger partial charge >= 0.3 is 0 Å². The van der Waals surface area contributed by atoms with Crippen LogP contribution in [0.25, 0.3) is 121 Å². The van der Waals surface area contributed by atoms with Gasteiger partial charge in [-0.1, -0.05) is 127 Å². The smallest absolute Gasteiger partial charge is 0.227 e. The molecule has 0 saturated heterocycles. The minimum atomic E-state index is 0.522. The topological polar surface area (TPSA) is 77.8 Å². The minimum Gasteiger partial charge on any atom is -0.455 e. The minimum absolute atomic E-state index is 0.522. The molecule has 4 aromatic heterocycles. The number of hydrogen-bond donors (Lipinski definition) is 0. The molecule has 0 aliphatic heterocycles. The Balaban J connectivity index is 1.13. The summed E-state index contributed by atoms with van der Waals surface area (Å²) in [5, 5.41) is 6.28. The van der Waals surface area contributed by atoms with Gasteiger partial charge in [-0.05, 0) is 64.4 Å². The van der Waals surface area contributed by atoms with Crippen LogP contribution in [0.5, 0.6) is 0 Å². The van der Waals surface area contributed by atoms with E-state index < -0.39 is 0 Å². The Kier molecular flexibility index (Phi) is 7.00. The first-order valence-electron chi connectivity index (χ1n) is 18.8. The summed E-state index contributed by atoms with van der Waals surface area (Å²) in [6.07, 6.45) is 0. The van der Waals surface area contributed by atoms with E-state index in [9.17, 15) is 0 Å². The molecule has 0 bridgehead atoms. The lowest BCUT2D eigenvalue weighted by Crippen LogP contribution is -2.00. The van der Waals surface area contributed by atoms with Crippen LogP contribution in [0.2, 0.25) is 0 Å². The zero-order valence-corrected chi connectivity index (χ0v) is 31.0. The molecule has 0 aliphatic rings. The number of oxazole rings is 1. The van der Waals surface area contributed by atoms with Crippen LogP contribution < -0.4 is 0 Å². The zero-order chi connectivity index (χ0) is 37.5. The Morgan fingerprint density at radius 3 is 1.88 bits per heavy atom. The molecule has 0 unspecified atom stereocenters. The van der Waals surface area contributed by atoms with Crippen molar-refractivity contribution in [3.63, 3.8) is 0 Å². The third kappa shape index (κ3) is 5.10. The van der Waals surface area contributed by atoms with Crippen molar-refractivity contribution < 1.29 is 8.83 Å². The fourth-order valence-electron chi connectivity index (χ4n) is 8.07. The lowest BCUT2D eigenvalue weighted by molar-refractivity contribution is 0.622. The fourth-order valence-corrected chi connectivity index (χ4v) is 9.28. The number of furan rings is 1. The predicted octanol–water partition coefficient (Wildman–Crippen LogP) is 13.8.